The Morgan fingerprint density at radius 1 is 1.39 bits per heavy atom. The lowest BCUT2D eigenvalue weighted by Gasteiger charge is -2.36. The highest BCUT2D eigenvalue weighted by atomic mass is 79.9. The second-order valence-electron chi connectivity index (χ2n) is 5.41. The van der Waals surface area contributed by atoms with E-state index in [1.807, 2.05) is 12.1 Å². The highest BCUT2D eigenvalue weighted by molar-refractivity contribution is 9.10. The van der Waals surface area contributed by atoms with Gasteiger partial charge in [-0.3, -0.25) is 4.90 Å². The van der Waals surface area contributed by atoms with Crippen LogP contribution in [0.1, 0.15) is 32.3 Å². The highest BCUT2D eigenvalue weighted by Gasteiger charge is 2.23. The summed E-state index contributed by atoms with van der Waals surface area (Å²) in [6, 6.07) is 6.90. The summed E-state index contributed by atoms with van der Waals surface area (Å²) in [5, 5.41) is 0. The lowest BCUT2D eigenvalue weighted by Crippen LogP contribution is -2.39. The van der Waals surface area contributed by atoms with E-state index in [1.54, 1.807) is 7.11 Å². The van der Waals surface area contributed by atoms with Crippen molar-refractivity contribution in [1.29, 1.82) is 0 Å². The van der Waals surface area contributed by atoms with Crippen LogP contribution in [0.3, 0.4) is 0 Å². The molecule has 1 aliphatic rings. The van der Waals surface area contributed by atoms with Crippen LogP contribution in [0, 0.1) is 5.92 Å². The van der Waals surface area contributed by atoms with Gasteiger partial charge < -0.3 is 4.74 Å². The molecule has 0 saturated carbocycles. The number of nitrogens with zero attached hydrogens (tertiary/aromatic N) is 1. The number of ether oxygens (including phenoxy) is 1. The van der Waals surface area contributed by atoms with Crippen molar-refractivity contribution in [2.24, 2.45) is 5.92 Å². The third-order valence-electron chi connectivity index (χ3n) is 3.89. The van der Waals surface area contributed by atoms with Crippen molar-refractivity contribution < 1.29 is 4.74 Å². The third kappa shape index (κ3) is 3.27. The molecule has 1 aliphatic heterocycles. The topological polar surface area (TPSA) is 12.5 Å². The smallest absolute Gasteiger partial charge is 0.123 e. The second-order valence-corrected chi connectivity index (χ2v) is 6.32. The molecule has 1 saturated heterocycles. The van der Waals surface area contributed by atoms with Gasteiger partial charge in [-0.05, 0) is 50.4 Å². The van der Waals surface area contributed by atoms with Gasteiger partial charge in [0.1, 0.15) is 5.75 Å². The monoisotopic (exact) mass is 311 g/mol. The fraction of sp³-hybridized carbons (Fsp3) is 0.600. The van der Waals surface area contributed by atoms with Crippen LogP contribution in [0.15, 0.2) is 22.7 Å². The van der Waals surface area contributed by atoms with Gasteiger partial charge in [0.15, 0.2) is 0 Å². The predicted octanol–water partition coefficient (Wildman–Crippen LogP) is 4.08. The van der Waals surface area contributed by atoms with E-state index in [0.29, 0.717) is 6.04 Å². The zero-order valence-corrected chi connectivity index (χ0v) is 13.0. The van der Waals surface area contributed by atoms with Crippen LogP contribution in [0.5, 0.6) is 5.75 Å². The van der Waals surface area contributed by atoms with Gasteiger partial charge in [0.2, 0.25) is 0 Å². The van der Waals surface area contributed by atoms with Gasteiger partial charge >= 0.3 is 0 Å². The Kier molecular flexibility index (Phi) is 4.68. The zero-order chi connectivity index (χ0) is 13.1. The van der Waals surface area contributed by atoms with Crippen LogP contribution in [0.4, 0.5) is 0 Å². The van der Waals surface area contributed by atoms with E-state index < -0.39 is 0 Å². The Morgan fingerprint density at radius 2 is 2.17 bits per heavy atom. The van der Waals surface area contributed by atoms with Crippen molar-refractivity contribution in [3.8, 4) is 5.75 Å². The number of benzene rings is 1. The number of piperidine rings is 1. The first-order valence-electron chi connectivity index (χ1n) is 6.66. The van der Waals surface area contributed by atoms with Crippen molar-refractivity contribution in [2.75, 3.05) is 13.7 Å². The van der Waals surface area contributed by atoms with E-state index >= 15 is 0 Å². The van der Waals surface area contributed by atoms with Crippen LogP contribution < -0.4 is 4.74 Å². The molecule has 2 atom stereocenters. The first-order valence-corrected chi connectivity index (χ1v) is 7.46. The Labute approximate surface area is 118 Å². The maximum absolute atomic E-state index is 5.45. The quantitative estimate of drug-likeness (QED) is 0.834. The first kappa shape index (κ1) is 13.9. The van der Waals surface area contributed by atoms with Gasteiger partial charge in [-0.25, -0.2) is 0 Å². The molecule has 1 heterocycles. The molecule has 1 aromatic carbocycles. The van der Waals surface area contributed by atoms with Gasteiger partial charge in [0.05, 0.1) is 7.11 Å². The Morgan fingerprint density at radius 3 is 2.83 bits per heavy atom. The summed E-state index contributed by atoms with van der Waals surface area (Å²) in [5.41, 5.74) is 1.27. The SMILES string of the molecule is COc1ccc(Br)cc1CN1CCC(C)CC1C. The molecular weight excluding hydrogens is 290 g/mol. The molecule has 0 radical (unpaired) electrons. The van der Waals surface area contributed by atoms with Crippen molar-refractivity contribution >= 4 is 15.9 Å². The fourth-order valence-corrected chi connectivity index (χ4v) is 3.19. The Balaban J connectivity index is 2.11. The summed E-state index contributed by atoms with van der Waals surface area (Å²) in [6.45, 7) is 6.86. The number of hydrogen-bond donors (Lipinski definition) is 0. The molecule has 1 aromatic rings. The van der Waals surface area contributed by atoms with E-state index in [9.17, 15) is 0 Å². The molecule has 18 heavy (non-hydrogen) atoms. The van der Waals surface area contributed by atoms with Gasteiger partial charge in [-0.2, -0.15) is 0 Å². The average molecular weight is 312 g/mol. The number of hydrogen-bond acceptors (Lipinski definition) is 2. The standard InChI is InChI=1S/C15H22BrNO/c1-11-6-7-17(12(2)8-11)10-13-9-14(16)4-5-15(13)18-3/h4-5,9,11-12H,6-8,10H2,1-3H3. The molecule has 0 amide bonds. The maximum atomic E-state index is 5.45. The van der Waals surface area contributed by atoms with Gasteiger partial charge in [0, 0.05) is 22.6 Å². The van der Waals surface area contributed by atoms with E-state index in [-0.39, 0.29) is 0 Å². The fourth-order valence-electron chi connectivity index (χ4n) is 2.78. The average Bonchev–Trinajstić information content (AvgIpc) is 2.33. The summed E-state index contributed by atoms with van der Waals surface area (Å²) < 4.78 is 6.57. The minimum Gasteiger partial charge on any atom is -0.496 e. The molecular formula is C15H22BrNO. The molecule has 0 N–H and O–H groups in total. The molecule has 3 heteroatoms. The molecule has 2 unspecified atom stereocenters. The minimum atomic E-state index is 0.664. The predicted molar refractivity (Wildman–Crippen MR) is 79.0 cm³/mol. The van der Waals surface area contributed by atoms with Crippen molar-refractivity contribution in [3.05, 3.63) is 28.2 Å². The summed E-state index contributed by atoms with van der Waals surface area (Å²) in [6.07, 6.45) is 2.61. The lowest BCUT2D eigenvalue weighted by molar-refractivity contribution is 0.121. The first-order chi connectivity index (χ1) is 8.60. The second kappa shape index (κ2) is 6.07. The van der Waals surface area contributed by atoms with Crippen molar-refractivity contribution in [1.82, 2.24) is 4.90 Å². The zero-order valence-electron chi connectivity index (χ0n) is 11.4. The van der Waals surface area contributed by atoms with Gasteiger partial charge in [0.25, 0.3) is 0 Å². The van der Waals surface area contributed by atoms with Crippen LogP contribution >= 0.6 is 15.9 Å². The molecule has 0 bridgehead atoms. The van der Waals surface area contributed by atoms with E-state index in [4.69, 9.17) is 4.74 Å². The molecule has 0 aliphatic carbocycles. The number of halogens is 1. The van der Waals surface area contributed by atoms with Crippen molar-refractivity contribution in [3.63, 3.8) is 0 Å². The van der Waals surface area contributed by atoms with Crippen molar-refractivity contribution in [2.45, 2.75) is 39.3 Å². The number of rotatable bonds is 3. The number of methoxy groups -OCH3 is 1. The minimum absolute atomic E-state index is 0.664. The number of likely N-dealkylation sites (tertiary alicyclic amines) is 1. The molecule has 0 spiro atoms. The summed E-state index contributed by atoms with van der Waals surface area (Å²) in [5.74, 6) is 1.85. The molecule has 2 rings (SSSR count). The van der Waals surface area contributed by atoms with Gasteiger partial charge in [-0.1, -0.05) is 22.9 Å². The van der Waals surface area contributed by atoms with Crippen LogP contribution in [0.2, 0.25) is 0 Å². The molecule has 2 nitrogen and oxygen atoms in total. The molecule has 1 fully saturated rings. The van der Waals surface area contributed by atoms with Crippen LogP contribution in [-0.4, -0.2) is 24.6 Å². The molecule has 100 valence electrons. The highest BCUT2D eigenvalue weighted by Crippen LogP contribution is 2.28. The Hall–Kier alpha value is -0.540. The van der Waals surface area contributed by atoms with E-state index in [2.05, 4.69) is 40.7 Å². The maximum Gasteiger partial charge on any atom is 0.123 e. The lowest BCUT2D eigenvalue weighted by atomic mass is 9.93. The largest absolute Gasteiger partial charge is 0.496 e. The third-order valence-corrected chi connectivity index (χ3v) is 4.39. The van der Waals surface area contributed by atoms with E-state index in [0.717, 1.165) is 22.7 Å². The van der Waals surface area contributed by atoms with Gasteiger partial charge in [-0.15, -0.1) is 0 Å². The van der Waals surface area contributed by atoms with Crippen LogP contribution in [0.25, 0.3) is 0 Å². The Bertz CT molecular complexity index is 407. The summed E-state index contributed by atoms with van der Waals surface area (Å²) in [7, 11) is 1.74. The summed E-state index contributed by atoms with van der Waals surface area (Å²) in [4.78, 5) is 2.56. The molecule has 0 aromatic heterocycles. The normalized spacial score (nSPS) is 25.1. The van der Waals surface area contributed by atoms with E-state index in [1.165, 1.54) is 24.9 Å². The summed E-state index contributed by atoms with van der Waals surface area (Å²) >= 11 is 3.54. The van der Waals surface area contributed by atoms with Crippen LogP contribution in [-0.2, 0) is 6.54 Å².